The fourth-order valence-corrected chi connectivity index (χ4v) is 5.02. The molecule has 1 heterocycles. The number of methoxy groups -OCH3 is 1. The molecule has 31 heavy (non-hydrogen) atoms. The zero-order chi connectivity index (χ0) is 22.1. The van der Waals surface area contributed by atoms with Gasteiger partial charge in [-0.1, -0.05) is 24.3 Å². The molecule has 0 radical (unpaired) electrons. The highest BCUT2D eigenvalue weighted by atomic mass is 32.1. The van der Waals surface area contributed by atoms with E-state index in [-0.39, 0.29) is 5.91 Å². The Kier molecular flexibility index (Phi) is 5.65. The molecule has 0 aliphatic heterocycles. The highest BCUT2D eigenvalue weighted by Crippen LogP contribution is 2.39. The van der Waals surface area contributed by atoms with E-state index in [1.54, 1.807) is 20.2 Å². The smallest absolute Gasteiger partial charge is 0.323 e. The minimum atomic E-state index is -0.503. The summed E-state index contributed by atoms with van der Waals surface area (Å²) in [6, 6.07) is 10.8. The van der Waals surface area contributed by atoms with Gasteiger partial charge in [-0.25, -0.2) is 4.79 Å². The van der Waals surface area contributed by atoms with Crippen LogP contribution in [0.4, 0.5) is 9.80 Å². The van der Waals surface area contributed by atoms with Gasteiger partial charge >= 0.3 is 6.03 Å². The van der Waals surface area contributed by atoms with Crippen LogP contribution < -0.4 is 15.4 Å². The van der Waals surface area contributed by atoms with Crippen molar-refractivity contribution >= 4 is 45.0 Å². The van der Waals surface area contributed by atoms with Gasteiger partial charge in [-0.05, 0) is 47.7 Å². The first-order chi connectivity index (χ1) is 14.9. The minimum Gasteiger partial charge on any atom is -0.496 e. The summed E-state index contributed by atoms with van der Waals surface area (Å²) in [4.78, 5) is 40.4. The number of aryl methyl sites for hydroxylation is 1. The molecule has 1 aliphatic rings. The topological polar surface area (TPSA) is 87.7 Å². The average molecular weight is 438 g/mol. The first-order valence-corrected chi connectivity index (χ1v) is 10.8. The quantitative estimate of drug-likeness (QED) is 0.644. The van der Waals surface area contributed by atoms with E-state index in [4.69, 9.17) is 4.74 Å². The van der Waals surface area contributed by atoms with Crippen molar-refractivity contribution in [1.29, 1.82) is 0 Å². The van der Waals surface area contributed by atoms with Gasteiger partial charge < -0.3 is 15.0 Å². The molecule has 0 spiro atoms. The van der Waals surface area contributed by atoms with Crippen molar-refractivity contribution < 1.29 is 19.1 Å². The average Bonchev–Trinajstić information content (AvgIpc) is 3.33. The molecule has 0 atom stereocenters. The zero-order valence-electron chi connectivity index (χ0n) is 17.6. The maximum absolute atomic E-state index is 13.2. The summed E-state index contributed by atoms with van der Waals surface area (Å²) in [5, 5.41) is 7.62. The Balaban J connectivity index is 1.68. The van der Waals surface area contributed by atoms with Crippen molar-refractivity contribution in [2.24, 2.45) is 0 Å². The van der Waals surface area contributed by atoms with E-state index in [0.717, 1.165) is 40.5 Å². The van der Waals surface area contributed by atoms with Gasteiger partial charge in [0.05, 0.1) is 18.2 Å². The summed E-state index contributed by atoms with van der Waals surface area (Å²) in [5.41, 5.74) is 1.67. The van der Waals surface area contributed by atoms with E-state index < -0.39 is 11.9 Å². The molecule has 2 aromatic carbocycles. The molecule has 0 saturated carbocycles. The van der Waals surface area contributed by atoms with Gasteiger partial charge in [0.1, 0.15) is 10.8 Å². The van der Waals surface area contributed by atoms with Gasteiger partial charge in [0.25, 0.3) is 11.8 Å². The number of hydrogen-bond donors (Lipinski definition) is 2. The molecule has 0 unspecified atom stereocenters. The van der Waals surface area contributed by atoms with E-state index in [1.807, 2.05) is 30.3 Å². The summed E-state index contributed by atoms with van der Waals surface area (Å²) >= 11 is 1.39. The lowest BCUT2D eigenvalue weighted by atomic mass is 10.0. The molecular formula is C23H23N3O4S. The van der Waals surface area contributed by atoms with Crippen LogP contribution in [0.15, 0.2) is 36.4 Å². The van der Waals surface area contributed by atoms with Crippen LogP contribution in [0.25, 0.3) is 10.8 Å². The number of carbonyl (C=O) groups is 3. The second-order valence-electron chi connectivity index (χ2n) is 7.57. The van der Waals surface area contributed by atoms with Crippen LogP contribution in [0.1, 0.15) is 37.6 Å². The van der Waals surface area contributed by atoms with Gasteiger partial charge in [-0.2, -0.15) is 0 Å². The van der Waals surface area contributed by atoms with Crippen molar-refractivity contribution in [2.45, 2.75) is 19.3 Å². The van der Waals surface area contributed by atoms with Crippen LogP contribution in [0.2, 0.25) is 0 Å². The van der Waals surface area contributed by atoms with Crippen LogP contribution in [0, 0.1) is 0 Å². The molecule has 2 N–H and O–H groups in total. The highest BCUT2D eigenvalue weighted by Gasteiger charge is 2.29. The molecule has 7 nitrogen and oxygen atoms in total. The highest BCUT2D eigenvalue weighted by molar-refractivity contribution is 7.17. The number of imide groups is 1. The summed E-state index contributed by atoms with van der Waals surface area (Å²) in [5.74, 6) is -0.413. The zero-order valence-corrected chi connectivity index (χ0v) is 18.4. The standard InChI is InChI=1S/C23H23N3O4S/c1-26(2)23(29)25-21(28)19-15-9-6-10-18(15)31-22(19)24-20(27)16-11-13-7-4-5-8-14(13)12-17(16)30-3/h4-5,7-8,11-12H,6,9-10H2,1-3H3,(H,24,27)(H,25,28,29). The molecule has 1 aromatic heterocycles. The van der Waals surface area contributed by atoms with Gasteiger partial charge in [-0.15, -0.1) is 11.3 Å². The Hall–Kier alpha value is -3.39. The Morgan fingerprint density at radius 2 is 1.74 bits per heavy atom. The number of benzene rings is 2. The number of fused-ring (bicyclic) bond motifs is 2. The van der Waals surface area contributed by atoms with Crippen molar-refractivity contribution in [1.82, 2.24) is 10.2 Å². The predicted molar refractivity (Wildman–Crippen MR) is 121 cm³/mol. The maximum atomic E-state index is 13.2. The first-order valence-electron chi connectivity index (χ1n) is 9.94. The van der Waals surface area contributed by atoms with Crippen LogP contribution in [-0.4, -0.2) is 44.0 Å². The number of thiophene rings is 1. The molecule has 160 valence electrons. The third-order valence-electron chi connectivity index (χ3n) is 5.31. The molecule has 0 fully saturated rings. The SMILES string of the molecule is COc1cc2ccccc2cc1C(=O)Nc1sc2c(c1C(=O)NC(=O)N(C)C)CCC2. The number of anilines is 1. The number of urea groups is 1. The fourth-order valence-electron chi connectivity index (χ4n) is 3.74. The largest absolute Gasteiger partial charge is 0.496 e. The molecule has 0 saturated heterocycles. The van der Waals surface area contributed by atoms with E-state index in [1.165, 1.54) is 23.3 Å². The Bertz CT molecular complexity index is 1200. The van der Waals surface area contributed by atoms with E-state index in [9.17, 15) is 14.4 Å². The molecule has 0 bridgehead atoms. The molecular weight excluding hydrogens is 414 g/mol. The Labute approximate surface area is 184 Å². The number of nitrogens with one attached hydrogen (secondary N) is 2. The van der Waals surface area contributed by atoms with Crippen molar-refractivity contribution in [3.8, 4) is 5.75 Å². The second-order valence-corrected chi connectivity index (χ2v) is 8.67. The predicted octanol–water partition coefficient (Wildman–Crippen LogP) is 4.06. The van der Waals surface area contributed by atoms with Crippen LogP contribution in [0.3, 0.4) is 0 Å². The molecule has 4 amide bonds. The summed E-state index contributed by atoms with van der Waals surface area (Å²) < 4.78 is 5.44. The first kappa shape index (κ1) is 20.9. The molecule has 8 heteroatoms. The fraction of sp³-hybridized carbons (Fsp3) is 0.261. The van der Waals surface area contributed by atoms with Gasteiger partial charge in [0, 0.05) is 19.0 Å². The molecule has 4 rings (SSSR count). The maximum Gasteiger partial charge on any atom is 0.323 e. The molecule has 1 aliphatic carbocycles. The second kappa shape index (κ2) is 8.39. The van der Waals surface area contributed by atoms with E-state index >= 15 is 0 Å². The van der Waals surface area contributed by atoms with Crippen molar-refractivity contribution in [3.63, 3.8) is 0 Å². The minimum absolute atomic E-state index is 0.365. The van der Waals surface area contributed by atoms with Gasteiger partial charge in [0.15, 0.2) is 0 Å². The number of rotatable bonds is 4. The normalized spacial score (nSPS) is 12.4. The third-order valence-corrected chi connectivity index (χ3v) is 6.52. The lowest BCUT2D eigenvalue weighted by molar-refractivity contribution is 0.0957. The monoisotopic (exact) mass is 437 g/mol. The third kappa shape index (κ3) is 3.98. The van der Waals surface area contributed by atoms with E-state index in [0.29, 0.717) is 21.9 Å². The van der Waals surface area contributed by atoms with Gasteiger partial charge in [0.2, 0.25) is 0 Å². The number of nitrogens with zero attached hydrogens (tertiary/aromatic N) is 1. The van der Waals surface area contributed by atoms with Crippen molar-refractivity contribution in [2.75, 3.05) is 26.5 Å². The Morgan fingerprint density at radius 3 is 2.42 bits per heavy atom. The summed E-state index contributed by atoms with van der Waals surface area (Å²) in [6.45, 7) is 0. The van der Waals surface area contributed by atoms with Crippen LogP contribution in [-0.2, 0) is 12.8 Å². The Morgan fingerprint density at radius 1 is 1.03 bits per heavy atom. The summed E-state index contributed by atoms with van der Waals surface area (Å²) in [7, 11) is 4.65. The lowest BCUT2D eigenvalue weighted by Crippen LogP contribution is -2.39. The number of ether oxygens (including phenoxy) is 1. The summed E-state index contributed by atoms with van der Waals surface area (Å²) in [6.07, 6.45) is 2.56. The number of carbonyl (C=O) groups excluding carboxylic acids is 3. The van der Waals surface area contributed by atoms with E-state index in [2.05, 4.69) is 10.6 Å². The van der Waals surface area contributed by atoms with Gasteiger partial charge in [-0.3, -0.25) is 14.9 Å². The van der Waals surface area contributed by atoms with Crippen LogP contribution in [0.5, 0.6) is 5.75 Å². The number of amides is 4. The van der Waals surface area contributed by atoms with Crippen LogP contribution >= 0.6 is 11.3 Å². The van der Waals surface area contributed by atoms with Crippen molar-refractivity contribution in [3.05, 3.63) is 58.0 Å². The lowest BCUT2D eigenvalue weighted by Gasteiger charge is -2.13. The number of hydrogen-bond acceptors (Lipinski definition) is 5. The molecule has 3 aromatic rings.